The summed E-state index contributed by atoms with van der Waals surface area (Å²) in [6, 6.07) is 22.9. The Morgan fingerprint density at radius 1 is 0.774 bits per heavy atom. The van der Waals surface area contributed by atoms with E-state index in [4.69, 9.17) is 14.2 Å². The number of ether oxygens (including phenoxy) is 3. The highest BCUT2D eigenvalue weighted by Crippen LogP contribution is 2.27. The van der Waals surface area contributed by atoms with E-state index in [-0.39, 0.29) is 11.7 Å². The number of esters is 1. The number of rotatable bonds is 8. The third-order valence-corrected chi connectivity index (χ3v) is 4.38. The molecule has 3 aromatic rings. The lowest BCUT2D eigenvalue weighted by molar-refractivity contribution is -0.123. The minimum absolute atomic E-state index is 0.0597. The van der Waals surface area contributed by atoms with Crippen LogP contribution >= 0.6 is 0 Å². The summed E-state index contributed by atoms with van der Waals surface area (Å²) in [6.07, 6.45) is -0.867. The number of carbonyl (C=O) groups is 2. The summed E-state index contributed by atoms with van der Waals surface area (Å²) in [7, 11) is 1.30. The normalized spacial score (nSPS) is 11.5. The van der Waals surface area contributed by atoms with E-state index in [1.54, 1.807) is 48.5 Å². The fraction of sp³-hybridized carbons (Fsp3) is 0.200. The number of methoxy groups -OCH3 is 1. The van der Waals surface area contributed by atoms with E-state index >= 15 is 0 Å². The standard InChI is InChI=1S/C25H25NO5/c1-17(2)30-19-13-15-20(16-14-19)31-23(18-9-5-4-6-10-18)24(27)26-22-12-8-7-11-21(22)25(28)29-3/h4-17,23H,1-3H3,(H,26,27). The van der Waals surface area contributed by atoms with Crippen molar-refractivity contribution in [2.45, 2.75) is 26.1 Å². The molecule has 0 heterocycles. The van der Waals surface area contributed by atoms with Crippen molar-refractivity contribution in [1.29, 1.82) is 0 Å². The number of benzene rings is 3. The Balaban J connectivity index is 1.85. The molecule has 0 aliphatic heterocycles. The maximum atomic E-state index is 13.2. The molecule has 0 aliphatic rings. The first-order valence-electron chi connectivity index (χ1n) is 9.94. The number of para-hydroxylation sites is 1. The van der Waals surface area contributed by atoms with E-state index in [2.05, 4.69) is 5.32 Å². The molecule has 0 fully saturated rings. The van der Waals surface area contributed by atoms with E-state index in [9.17, 15) is 9.59 Å². The quantitative estimate of drug-likeness (QED) is 0.519. The van der Waals surface area contributed by atoms with E-state index in [1.807, 2.05) is 44.2 Å². The van der Waals surface area contributed by atoms with Crippen LogP contribution < -0.4 is 14.8 Å². The van der Waals surface area contributed by atoms with Crippen LogP contribution in [0.1, 0.15) is 35.9 Å². The van der Waals surface area contributed by atoms with Crippen LogP contribution in [-0.2, 0) is 9.53 Å². The van der Waals surface area contributed by atoms with Crippen molar-refractivity contribution in [1.82, 2.24) is 0 Å². The summed E-state index contributed by atoms with van der Waals surface area (Å²) in [6.45, 7) is 3.90. The van der Waals surface area contributed by atoms with Gasteiger partial charge in [-0.1, -0.05) is 42.5 Å². The van der Waals surface area contributed by atoms with E-state index < -0.39 is 18.0 Å². The van der Waals surface area contributed by atoms with Gasteiger partial charge < -0.3 is 19.5 Å². The molecular formula is C25H25NO5. The van der Waals surface area contributed by atoms with Gasteiger partial charge in [-0.25, -0.2) is 4.79 Å². The predicted molar refractivity (Wildman–Crippen MR) is 118 cm³/mol. The molecule has 1 unspecified atom stereocenters. The molecule has 6 heteroatoms. The molecular weight excluding hydrogens is 394 g/mol. The molecule has 0 saturated heterocycles. The molecule has 3 rings (SSSR count). The number of anilines is 1. The molecule has 1 amide bonds. The molecule has 0 bridgehead atoms. The number of nitrogens with one attached hydrogen (secondary N) is 1. The monoisotopic (exact) mass is 419 g/mol. The highest BCUT2D eigenvalue weighted by molar-refractivity contribution is 6.02. The lowest BCUT2D eigenvalue weighted by Gasteiger charge is -2.20. The lowest BCUT2D eigenvalue weighted by atomic mass is 10.1. The second-order valence-electron chi connectivity index (χ2n) is 7.07. The maximum Gasteiger partial charge on any atom is 0.339 e. The number of amides is 1. The predicted octanol–water partition coefficient (Wildman–Crippen LogP) is 5.02. The van der Waals surface area contributed by atoms with Crippen molar-refractivity contribution in [3.05, 3.63) is 90.0 Å². The molecule has 31 heavy (non-hydrogen) atoms. The van der Waals surface area contributed by atoms with Crippen LogP contribution in [0.4, 0.5) is 5.69 Å². The first-order chi connectivity index (χ1) is 15.0. The molecule has 160 valence electrons. The maximum absolute atomic E-state index is 13.2. The van der Waals surface area contributed by atoms with Crippen LogP contribution in [0, 0.1) is 0 Å². The highest BCUT2D eigenvalue weighted by atomic mass is 16.5. The SMILES string of the molecule is COC(=O)c1ccccc1NC(=O)C(Oc1ccc(OC(C)C)cc1)c1ccccc1. The summed E-state index contributed by atoms with van der Waals surface area (Å²) in [5, 5.41) is 2.79. The summed E-state index contributed by atoms with van der Waals surface area (Å²) >= 11 is 0. The van der Waals surface area contributed by atoms with Crippen molar-refractivity contribution in [3.8, 4) is 11.5 Å². The summed E-state index contributed by atoms with van der Waals surface area (Å²) in [4.78, 5) is 25.2. The van der Waals surface area contributed by atoms with Crippen LogP contribution in [0.3, 0.4) is 0 Å². The lowest BCUT2D eigenvalue weighted by Crippen LogP contribution is -2.26. The van der Waals surface area contributed by atoms with Gasteiger partial charge in [0.1, 0.15) is 11.5 Å². The molecule has 0 spiro atoms. The fourth-order valence-electron chi connectivity index (χ4n) is 2.98. The van der Waals surface area contributed by atoms with Crippen LogP contribution in [0.25, 0.3) is 0 Å². The van der Waals surface area contributed by atoms with Gasteiger partial charge in [-0.2, -0.15) is 0 Å². The first kappa shape index (κ1) is 21.9. The highest BCUT2D eigenvalue weighted by Gasteiger charge is 2.24. The van der Waals surface area contributed by atoms with Crippen molar-refractivity contribution in [2.75, 3.05) is 12.4 Å². The smallest absolute Gasteiger partial charge is 0.339 e. The Labute approximate surface area is 181 Å². The third-order valence-electron chi connectivity index (χ3n) is 4.38. The van der Waals surface area contributed by atoms with Crippen LogP contribution in [-0.4, -0.2) is 25.1 Å². The van der Waals surface area contributed by atoms with Crippen molar-refractivity contribution < 1.29 is 23.8 Å². The van der Waals surface area contributed by atoms with Gasteiger partial charge in [0.05, 0.1) is 24.5 Å². The molecule has 0 radical (unpaired) electrons. The second kappa shape index (κ2) is 10.3. The number of hydrogen-bond donors (Lipinski definition) is 1. The Morgan fingerprint density at radius 3 is 1.97 bits per heavy atom. The first-order valence-corrected chi connectivity index (χ1v) is 9.94. The summed E-state index contributed by atoms with van der Waals surface area (Å²) in [5.74, 6) is 0.287. The number of hydrogen-bond acceptors (Lipinski definition) is 5. The zero-order valence-electron chi connectivity index (χ0n) is 17.7. The fourth-order valence-corrected chi connectivity index (χ4v) is 2.98. The zero-order chi connectivity index (χ0) is 22.2. The topological polar surface area (TPSA) is 73.9 Å². The minimum atomic E-state index is -0.927. The summed E-state index contributed by atoms with van der Waals surface area (Å²) in [5.41, 5.74) is 1.29. The van der Waals surface area contributed by atoms with Crippen molar-refractivity contribution >= 4 is 17.6 Å². The van der Waals surface area contributed by atoms with E-state index in [0.717, 1.165) is 5.75 Å². The average molecular weight is 419 g/mol. The largest absolute Gasteiger partial charge is 0.491 e. The third kappa shape index (κ3) is 5.85. The Bertz CT molecular complexity index is 1020. The molecule has 6 nitrogen and oxygen atoms in total. The molecule has 0 aliphatic carbocycles. The second-order valence-corrected chi connectivity index (χ2v) is 7.07. The van der Waals surface area contributed by atoms with E-state index in [1.165, 1.54) is 7.11 Å². The Morgan fingerprint density at radius 2 is 1.35 bits per heavy atom. The molecule has 3 aromatic carbocycles. The molecule has 1 atom stereocenters. The van der Waals surface area contributed by atoms with Gasteiger partial charge >= 0.3 is 5.97 Å². The van der Waals surface area contributed by atoms with Gasteiger partial charge in [0, 0.05) is 5.56 Å². The van der Waals surface area contributed by atoms with Crippen molar-refractivity contribution in [3.63, 3.8) is 0 Å². The zero-order valence-corrected chi connectivity index (χ0v) is 17.7. The molecule has 1 N–H and O–H groups in total. The van der Waals surface area contributed by atoms with Gasteiger partial charge in [-0.05, 0) is 50.2 Å². The Hall–Kier alpha value is -3.80. The van der Waals surface area contributed by atoms with Gasteiger partial charge in [0.25, 0.3) is 5.91 Å². The molecule has 0 aromatic heterocycles. The summed E-state index contributed by atoms with van der Waals surface area (Å²) < 4.78 is 16.5. The molecule has 0 saturated carbocycles. The van der Waals surface area contributed by atoms with Crippen LogP contribution in [0.2, 0.25) is 0 Å². The van der Waals surface area contributed by atoms with Crippen LogP contribution in [0.5, 0.6) is 11.5 Å². The van der Waals surface area contributed by atoms with Gasteiger partial charge in [-0.15, -0.1) is 0 Å². The van der Waals surface area contributed by atoms with Gasteiger partial charge in [-0.3, -0.25) is 4.79 Å². The van der Waals surface area contributed by atoms with E-state index in [0.29, 0.717) is 17.0 Å². The van der Waals surface area contributed by atoms with Gasteiger partial charge in [0.15, 0.2) is 0 Å². The number of carbonyl (C=O) groups excluding carboxylic acids is 2. The van der Waals surface area contributed by atoms with Crippen LogP contribution in [0.15, 0.2) is 78.9 Å². The average Bonchev–Trinajstić information content (AvgIpc) is 2.78. The van der Waals surface area contributed by atoms with Gasteiger partial charge in [0.2, 0.25) is 6.10 Å². The van der Waals surface area contributed by atoms with Crippen molar-refractivity contribution in [2.24, 2.45) is 0 Å². The Kier molecular flexibility index (Phi) is 7.27. The minimum Gasteiger partial charge on any atom is -0.491 e.